The zero-order valence-electron chi connectivity index (χ0n) is 10.5. The molecule has 19 heavy (non-hydrogen) atoms. The molecule has 0 spiro atoms. The van der Waals surface area contributed by atoms with Gasteiger partial charge in [-0.2, -0.15) is 0 Å². The van der Waals surface area contributed by atoms with Crippen molar-refractivity contribution < 1.29 is 8.78 Å². The van der Waals surface area contributed by atoms with Crippen LogP contribution in [0.2, 0.25) is 5.02 Å². The van der Waals surface area contributed by atoms with Gasteiger partial charge in [0.15, 0.2) is 0 Å². The van der Waals surface area contributed by atoms with Crippen molar-refractivity contribution in [2.24, 2.45) is 0 Å². The van der Waals surface area contributed by atoms with Gasteiger partial charge in [0.2, 0.25) is 0 Å². The van der Waals surface area contributed by atoms with Crippen molar-refractivity contribution in [1.82, 2.24) is 0 Å². The van der Waals surface area contributed by atoms with Crippen molar-refractivity contribution in [3.05, 3.63) is 69.2 Å². The molecular weight excluding hydrogens is 289 g/mol. The molecule has 0 aliphatic carbocycles. The third kappa shape index (κ3) is 3.07. The van der Waals surface area contributed by atoms with Crippen molar-refractivity contribution in [1.29, 1.82) is 0 Å². The first-order valence-electron chi connectivity index (χ1n) is 5.75. The normalized spacial score (nSPS) is 12.5. The van der Waals surface area contributed by atoms with Crippen LogP contribution in [-0.2, 0) is 0 Å². The molecule has 0 aliphatic heterocycles. The van der Waals surface area contributed by atoms with Crippen LogP contribution in [0.5, 0.6) is 0 Å². The second-order valence-corrected chi connectivity index (χ2v) is 5.37. The van der Waals surface area contributed by atoms with Crippen molar-refractivity contribution in [2.75, 3.05) is 0 Å². The van der Waals surface area contributed by atoms with Crippen LogP contribution in [0.25, 0.3) is 0 Å². The number of hydrogen-bond acceptors (Lipinski definition) is 0. The monoisotopic (exact) mass is 300 g/mol. The molecule has 2 aromatic rings. The molecule has 0 radical (unpaired) electrons. The van der Waals surface area contributed by atoms with Crippen molar-refractivity contribution in [3.63, 3.8) is 0 Å². The van der Waals surface area contributed by atoms with E-state index in [0.29, 0.717) is 10.6 Å². The zero-order chi connectivity index (χ0) is 14.2. The summed E-state index contributed by atoms with van der Waals surface area (Å²) in [6.45, 7) is 3.73. The molecule has 0 bridgehead atoms. The first-order chi connectivity index (χ1) is 8.88. The first kappa shape index (κ1) is 14.3. The lowest BCUT2D eigenvalue weighted by Gasteiger charge is -2.15. The van der Waals surface area contributed by atoms with Gasteiger partial charge in [-0.1, -0.05) is 17.7 Å². The lowest BCUT2D eigenvalue weighted by Crippen LogP contribution is -1.99. The van der Waals surface area contributed by atoms with Crippen LogP contribution in [0.3, 0.4) is 0 Å². The van der Waals surface area contributed by atoms with Crippen molar-refractivity contribution in [3.8, 4) is 0 Å². The highest BCUT2D eigenvalue weighted by Gasteiger charge is 2.16. The van der Waals surface area contributed by atoms with Gasteiger partial charge in [0.1, 0.15) is 11.6 Å². The van der Waals surface area contributed by atoms with Crippen molar-refractivity contribution >= 4 is 23.2 Å². The maximum atomic E-state index is 13.2. The molecule has 0 nitrogen and oxygen atoms in total. The Hall–Kier alpha value is -1.12. The fourth-order valence-electron chi connectivity index (χ4n) is 1.98. The van der Waals surface area contributed by atoms with E-state index < -0.39 is 17.0 Å². The minimum atomic E-state index is -0.635. The van der Waals surface area contributed by atoms with Gasteiger partial charge in [-0.15, -0.1) is 11.6 Å². The van der Waals surface area contributed by atoms with E-state index in [4.69, 9.17) is 23.2 Å². The Kier molecular flexibility index (Phi) is 4.12. The van der Waals surface area contributed by atoms with E-state index in [9.17, 15) is 8.78 Å². The van der Waals surface area contributed by atoms with E-state index in [1.807, 2.05) is 19.9 Å². The van der Waals surface area contributed by atoms with Gasteiger partial charge < -0.3 is 0 Å². The third-order valence-electron chi connectivity index (χ3n) is 3.00. The molecular formula is C15H12Cl2F2. The van der Waals surface area contributed by atoms with E-state index in [2.05, 4.69) is 0 Å². The molecule has 0 heterocycles. The lowest BCUT2D eigenvalue weighted by atomic mass is 9.98. The topological polar surface area (TPSA) is 0 Å². The highest BCUT2D eigenvalue weighted by molar-refractivity contribution is 6.31. The van der Waals surface area contributed by atoms with Gasteiger partial charge in [-0.05, 0) is 54.3 Å². The summed E-state index contributed by atoms with van der Waals surface area (Å²) < 4.78 is 26.5. The summed E-state index contributed by atoms with van der Waals surface area (Å²) in [5.74, 6) is -1.27. The predicted molar refractivity (Wildman–Crippen MR) is 75.0 cm³/mol. The molecule has 2 aromatic carbocycles. The van der Waals surface area contributed by atoms with Crippen LogP contribution >= 0.6 is 23.2 Å². The van der Waals surface area contributed by atoms with E-state index in [0.717, 1.165) is 22.8 Å². The standard InChI is InChI=1S/C15H12Cl2F2/c1-8-4-14(16)9(2)3-13(8)15(17)10-5-11(18)7-12(19)6-10/h3-7,15H,1-2H3. The molecule has 0 aromatic heterocycles. The lowest BCUT2D eigenvalue weighted by molar-refractivity contribution is 0.580. The SMILES string of the molecule is Cc1cc(C(Cl)c2cc(F)cc(F)c2)c(C)cc1Cl. The van der Waals surface area contributed by atoms with Crippen LogP contribution < -0.4 is 0 Å². The maximum Gasteiger partial charge on any atom is 0.126 e. The largest absolute Gasteiger partial charge is 0.207 e. The smallest absolute Gasteiger partial charge is 0.126 e. The highest BCUT2D eigenvalue weighted by Crippen LogP contribution is 2.34. The Morgan fingerprint density at radius 3 is 2.05 bits per heavy atom. The predicted octanol–water partition coefficient (Wildman–Crippen LogP) is 5.56. The van der Waals surface area contributed by atoms with Gasteiger partial charge in [-0.3, -0.25) is 0 Å². The molecule has 0 saturated heterocycles. The molecule has 0 saturated carbocycles. The Balaban J connectivity index is 2.49. The fourth-order valence-corrected chi connectivity index (χ4v) is 2.56. The van der Waals surface area contributed by atoms with Crippen LogP contribution in [0.1, 0.15) is 27.6 Å². The summed E-state index contributed by atoms with van der Waals surface area (Å²) in [7, 11) is 0. The van der Waals surface area contributed by atoms with Gasteiger partial charge in [0, 0.05) is 11.1 Å². The van der Waals surface area contributed by atoms with Gasteiger partial charge in [-0.25, -0.2) is 8.78 Å². The maximum absolute atomic E-state index is 13.2. The Bertz CT molecular complexity index is 604. The molecule has 4 heteroatoms. The highest BCUT2D eigenvalue weighted by atomic mass is 35.5. The fraction of sp³-hybridized carbons (Fsp3) is 0.200. The number of aryl methyl sites for hydroxylation is 2. The van der Waals surface area contributed by atoms with Crippen LogP contribution in [-0.4, -0.2) is 0 Å². The summed E-state index contributed by atoms with van der Waals surface area (Å²) in [6, 6.07) is 6.96. The second kappa shape index (κ2) is 5.48. The Labute approximate surface area is 121 Å². The average Bonchev–Trinajstić information content (AvgIpc) is 2.31. The Morgan fingerprint density at radius 1 is 0.895 bits per heavy atom. The first-order valence-corrected chi connectivity index (χ1v) is 6.56. The third-order valence-corrected chi connectivity index (χ3v) is 3.89. The van der Waals surface area contributed by atoms with Crippen molar-refractivity contribution in [2.45, 2.75) is 19.2 Å². The molecule has 0 fully saturated rings. The molecule has 0 aliphatic rings. The molecule has 100 valence electrons. The Morgan fingerprint density at radius 2 is 1.47 bits per heavy atom. The number of hydrogen-bond donors (Lipinski definition) is 0. The van der Waals surface area contributed by atoms with Crippen LogP contribution in [0.15, 0.2) is 30.3 Å². The summed E-state index contributed by atoms with van der Waals surface area (Å²) in [4.78, 5) is 0. The molecule has 1 atom stereocenters. The number of benzene rings is 2. The van der Waals surface area contributed by atoms with Crippen LogP contribution in [0.4, 0.5) is 8.78 Å². The molecule has 1 unspecified atom stereocenters. The summed E-state index contributed by atoms with van der Waals surface area (Å²) in [5, 5.41) is 0.0386. The number of alkyl halides is 1. The summed E-state index contributed by atoms with van der Waals surface area (Å²) in [6.07, 6.45) is 0. The van der Waals surface area contributed by atoms with Gasteiger partial charge >= 0.3 is 0 Å². The summed E-state index contributed by atoms with van der Waals surface area (Å²) in [5.41, 5.74) is 2.96. The minimum Gasteiger partial charge on any atom is -0.207 e. The van der Waals surface area contributed by atoms with E-state index in [1.165, 1.54) is 12.1 Å². The molecule has 0 amide bonds. The minimum absolute atomic E-state index is 0.393. The zero-order valence-corrected chi connectivity index (χ0v) is 12.0. The van der Waals surface area contributed by atoms with Gasteiger partial charge in [0.05, 0.1) is 5.38 Å². The number of halogens is 4. The number of rotatable bonds is 2. The van der Waals surface area contributed by atoms with E-state index in [1.54, 1.807) is 6.07 Å². The quantitative estimate of drug-likeness (QED) is 0.637. The average molecular weight is 301 g/mol. The molecule has 2 rings (SSSR count). The molecule has 0 N–H and O–H groups in total. The summed E-state index contributed by atoms with van der Waals surface area (Å²) >= 11 is 12.4. The van der Waals surface area contributed by atoms with E-state index in [-0.39, 0.29) is 0 Å². The van der Waals surface area contributed by atoms with Gasteiger partial charge in [0.25, 0.3) is 0 Å². The van der Waals surface area contributed by atoms with E-state index >= 15 is 0 Å². The van der Waals surface area contributed by atoms with Crippen LogP contribution in [0, 0.1) is 25.5 Å². The second-order valence-electron chi connectivity index (χ2n) is 4.52.